The van der Waals surface area contributed by atoms with Gasteiger partial charge in [-0.15, -0.1) is 12.4 Å². The van der Waals surface area contributed by atoms with E-state index < -0.39 is 0 Å². The van der Waals surface area contributed by atoms with Crippen LogP contribution in [0.5, 0.6) is 0 Å². The van der Waals surface area contributed by atoms with Gasteiger partial charge in [0, 0.05) is 25.2 Å². The number of hydrogen-bond acceptors (Lipinski definition) is 2. The Bertz CT molecular complexity index is 390. The third kappa shape index (κ3) is 3.43. The van der Waals surface area contributed by atoms with E-state index in [-0.39, 0.29) is 30.2 Å². The highest BCUT2D eigenvalue weighted by molar-refractivity contribution is 5.94. The quantitative estimate of drug-likeness (QED) is 0.894. The van der Waals surface area contributed by atoms with Gasteiger partial charge >= 0.3 is 0 Å². The first-order valence-electron chi connectivity index (χ1n) is 5.92. The number of rotatable bonds is 2. The Hall–Kier alpha value is -1.13. The van der Waals surface area contributed by atoms with Crippen molar-refractivity contribution in [3.8, 4) is 0 Å². The lowest BCUT2D eigenvalue weighted by Gasteiger charge is -2.31. The van der Waals surface area contributed by atoms with Crippen LogP contribution in [0.4, 0.5) is 4.39 Å². The molecule has 1 heterocycles. The minimum Gasteiger partial charge on any atom is -0.337 e. The minimum atomic E-state index is -0.316. The van der Waals surface area contributed by atoms with Crippen molar-refractivity contribution in [2.75, 3.05) is 20.1 Å². The number of likely N-dealkylation sites (N-methyl/N-ethyl adjacent to an activating group) is 1. The number of carbonyl (C=O) groups is 1. The highest BCUT2D eigenvalue weighted by atomic mass is 35.5. The maximum absolute atomic E-state index is 12.8. The first-order chi connectivity index (χ1) is 8.18. The van der Waals surface area contributed by atoms with Crippen molar-refractivity contribution in [1.29, 1.82) is 0 Å². The molecular formula is C13H18ClFN2O. The van der Waals surface area contributed by atoms with E-state index >= 15 is 0 Å². The van der Waals surface area contributed by atoms with E-state index in [1.54, 1.807) is 4.90 Å². The molecule has 2 rings (SSSR count). The standard InChI is InChI=1S/C13H17FN2O.ClH/c1-16(12-3-2-8-15-9-12)13(17)10-4-6-11(14)7-5-10;/h4-7,12,15H,2-3,8-9H2,1H3;1H/t12-;/m1./s1. The molecule has 1 aromatic carbocycles. The Kier molecular flexibility index (Phi) is 5.56. The molecule has 1 aliphatic heterocycles. The van der Waals surface area contributed by atoms with Crippen LogP contribution in [0.2, 0.25) is 0 Å². The summed E-state index contributed by atoms with van der Waals surface area (Å²) in [5, 5.41) is 3.28. The second-order valence-corrected chi connectivity index (χ2v) is 4.42. The summed E-state index contributed by atoms with van der Waals surface area (Å²) < 4.78 is 12.8. The summed E-state index contributed by atoms with van der Waals surface area (Å²) in [5.74, 6) is -0.359. The number of nitrogens with one attached hydrogen (secondary N) is 1. The minimum absolute atomic E-state index is 0. The van der Waals surface area contributed by atoms with E-state index in [1.807, 2.05) is 7.05 Å². The molecule has 0 saturated carbocycles. The number of nitrogens with zero attached hydrogens (tertiary/aromatic N) is 1. The second kappa shape index (κ2) is 6.71. The van der Waals surface area contributed by atoms with Crippen molar-refractivity contribution in [2.24, 2.45) is 0 Å². The van der Waals surface area contributed by atoms with Crippen LogP contribution in [-0.2, 0) is 0 Å². The van der Waals surface area contributed by atoms with Gasteiger partial charge in [0.15, 0.2) is 0 Å². The van der Waals surface area contributed by atoms with E-state index in [0.29, 0.717) is 5.56 Å². The molecule has 5 heteroatoms. The number of benzene rings is 1. The van der Waals surface area contributed by atoms with Gasteiger partial charge in [0.2, 0.25) is 0 Å². The van der Waals surface area contributed by atoms with Gasteiger partial charge in [0.1, 0.15) is 5.82 Å². The first-order valence-corrected chi connectivity index (χ1v) is 5.92. The fraction of sp³-hybridized carbons (Fsp3) is 0.462. The van der Waals surface area contributed by atoms with Crippen molar-refractivity contribution < 1.29 is 9.18 Å². The van der Waals surface area contributed by atoms with Gasteiger partial charge in [-0.25, -0.2) is 4.39 Å². The predicted molar refractivity (Wildman–Crippen MR) is 71.6 cm³/mol. The molecule has 1 amide bonds. The van der Waals surface area contributed by atoms with Gasteiger partial charge < -0.3 is 10.2 Å². The van der Waals surface area contributed by atoms with Gasteiger partial charge in [-0.2, -0.15) is 0 Å². The number of carbonyl (C=O) groups excluding carboxylic acids is 1. The van der Waals surface area contributed by atoms with Crippen LogP contribution in [0.15, 0.2) is 24.3 Å². The summed E-state index contributed by atoms with van der Waals surface area (Å²) in [6, 6.07) is 5.94. The summed E-state index contributed by atoms with van der Waals surface area (Å²) in [6.07, 6.45) is 2.11. The number of halogens is 2. The normalized spacial score (nSPS) is 18.9. The largest absolute Gasteiger partial charge is 0.337 e. The van der Waals surface area contributed by atoms with Crippen LogP contribution in [0.1, 0.15) is 23.2 Å². The molecule has 0 unspecified atom stereocenters. The third-order valence-corrected chi connectivity index (χ3v) is 3.23. The average Bonchev–Trinajstić information content (AvgIpc) is 2.39. The van der Waals surface area contributed by atoms with Crippen LogP contribution in [0, 0.1) is 5.82 Å². The molecule has 1 N–H and O–H groups in total. The average molecular weight is 273 g/mol. The molecule has 0 spiro atoms. The monoisotopic (exact) mass is 272 g/mol. The molecule has 1 aliphatic rings. The number of piperidine rings is 1. The second-order valence-electron chi connectivity index (χ2n) is 4.42. The Morgan fingerprint density at radius 1 is 1.39 bits per heavy atom. The van der Waals surface area contributed by atoms with Gasteiger partial charge in [-0.1, -0.05) is 0 Å². The van der Waals surface area contributed by atoms with Crippen molar-refractivity contribution in [3.63, 3.8) is 0 Å². The van der Waals surface area contributed by atoms with Crippen LogP contribution < -0.4 is 5.32 Å². The molecule has 1 aromatic rings. The molecule has 0 radical (unpaired) electrons. The lowest BCUT2D eigenvalue weighted by Crippen LogP contribution is -2.46. The van der Waals surface area contributed by atoms with Crippen molar-refractivity contribution in [1.82, 2.24) is 10.2 Å². The molecule has 0 bridgehead atoms. The van der Waals surface area contributed by atoms with E-state index in [4.69, 9.17) is 0 Å². The first kappa shape index (κ1) is 14.9. The maximum Gasteiger partial charge on any atom is 0.253 e. The van der Waals surface area contributed by atoms with Crippen LogP contribution in [0.3, 0.4) is 0 Å². The Morgan fingerprint density at radius 2 is 2.06 bits per heavy atom. The van der Waals surface area contributed by atoms with Crippen LogP contribution in [0.25, 0.3) is 0 Å². The predicted octanol–water partition coefficient (Wildman–Crippen LogP) is 2.07. The molecular weight excluding hydrogens is 255 g/mol. The molecule has 1 atom stereocenters. The van der Waals surface area contributed by atoms with E-state index in [0.717, 1.165) is 25.9 Å². The van der Waals surface area contributed by atoms with Crippen molar-refractivity contribution in [3.05, 3.63) is 35.6 Å². The Morgan fingerprint density at radius 3 is 2.61 bits per heavy atom. The number of amides is 1. The fourth-order valence-corrected chi connectivity index (χ4v) is 2.13. The van der Waals surface area contributed by atoms with Crippen molar-refractivity contribution in [2.45, 2.75) is 18.9 Å². The molecule has 18 heavy (non-hydrogen) atoms. The topological polar surface area (TPSA) is 32.3 Å². The van der Waals surface area contributed by atoms with Gasteiger partial charge in [-0.3, -0.25) is 4.79 Å². The molecule has 1 saturated heterocycles. The molecule has 0 aromatic heterocycles. The zero-order valence-electron chi connectivity index (χ0n) is 10.4. The van der Waals surface area contributed by atoms with Gasteiger partial charge in [0.05, 0.1) is 0 Å². The van der Waals surface area contributed by atoms with Crippen LogP contribution in [-0.4, -0.2) is 37.0 Å². The molecule has 3 nitrogen and oxygen atoms in total. The van der Waals surface area contributed by atoms with Crippen LogP contribution >= 0.6 is 12.4 Å². The Labute approximate surface area is 113 Å². The molecule has 0 aliphatic carbocycles. The van der Waals surface area contributed by atoms with E-state index in [2.05, 4.69) is 5.32 Å². The van der Waals surface area contributed by atoms with Gasteiger partial charge in [0.25, 0.3) is 5.91 Å². The third-order valence-electron chi connectivity index (χ3n) is 3.23. The van der Waals surface area contributed by atoms with E-state index in [1.165, 1.54) is 24.3 Å². The lowest BCUT2D eigenvalue weighted by atomic mass is 10.1. The lowest BCUT2D eigenvalue weighted by molar-refractivity contribution is 0.0708. The molecule has 100 valence electrons. The number of hydrogen-bond donors (Lipinski definition) is 1. The fourth-order valence-electron chi connectivity index (χ4n) is 2.13. The Balaban J connectivity index is 0.00000162. The van der Waals surface area contributed by atoms with Gasteiger partial charge in [-0.05, 0) is 43.7 Å². The zero-order valence-corrected chi connectivity index (χ0v) is 11.2. The molecule has 1 fully saturated rings. The zero-order chi connectivity index (χ0) is 12.3. The summed E-state index contributed by atoms with van der Waals surface area (Å²) in [4.78, 5) is 13.9. The smallest absolute Gasteiger partial charge is 0.253 e. The maximum atomic E-state index is 12.8. The highest BCUT2D eigenvalue weighted by Gasteiger charge is 2.22. The summed E-state index contributed by atoms with van der Waals surface area (Å²) in [7, 11) is 1.81. The summed E-state index contributed by atoms with van der Waals surface area (Å²) in [5.41, 5.74) is 0.541. The summed E-state index contributed by atoms with van der Waals surface area (Å²) >= 11 is 0. The highest BCUT2D eigenvalue weighted by Crippen LogP contribution is 2.13. The van der Waals surface area contributed by atoms with Crippen molar-refractivity contribution >= 4 is 18.3 Å². The van der Waals surface area contributed by atoms with E-state index in [9.17, 15) is 9.18 Å². The SMILES string of the molecule is CN(C(=O)c1ccc(F)cc1)[C@@H]1CCCNC1.Cl. The summed E-state index contributed by atoms with van der Waals surface area (Å²) in [6.45, 7) is 1.86.